The smallest absolute Gasteiger partial charge is 0.404 e. The molecular formula is C19H19F3N2O2S. The fraction of sp³-hybridized carbons (Fsp3) is 0.526. The van der Waals surface area contributed by atoms with E-state index in [0.29, 0.717) is 20.9 Å². The number of alkyl halides is 3. The number of nitrogens with zero attached hydrogens (tertiary/aromatic N) is 1. The lowest BCUT2D eigenvalue weighted by molar-refractivity contribution is -0.274. The van der Waals surface area contributed by atoms with E-state index in [2.05, 4.69) is 15.0 Å². The van der Waals surface area contributed by atoms with Crippen LogP contribution in [0, 0.1) is 5.92 Å². The molecule has 0 radical (unpaired) electrons. The Kier molecular flexibility index (Phi) is 3.75. The monoisotopic (exact) mass is 396 g/mol. The normalized spacial score (nSPS) is 28.5. The molecule has 4 nitrogen and oxygen atoms in total. The third kappa shape index (κ3) is 2.89. The van der Waals surface area contributed by atoms with Gasteiger partial charge in [-0.25, -0.2) is 0 Å². The minimum atomic E-state index is -4.76. The van der Waals surface area contributed by atoms with Crippen molar-refractivity contribution in [2.24, 2.45) is 5.92 Å². The third-order valence-corrected chi connectivity index (χ3v) is 7.39. The minimum Gasteiger partial charge on any atom is -0.404 e. The first-order valence-electron chi connectivity index (χ1n) is 9.20. The lowest BCUT2D eigenvalue weighted by Crippen LogP contribution is -2.65. The summed E-state index contributed by atoms with van der Waals surface area (Å²) in [4.78, 5) is 15.8. The van der Waals surface area contributed by atoms with E-state index in [4.69, 9.17) is 0 Å². The maximum Gasteiger partial charge on any atom is 0.573 e. The number of halogens is 3. The Balaban J connectivity index is 1.41. The molecule has 1 atom stereocenters. The number of benzene rings is 1. The molecule has 1 aromatic heterocycles. The molecule has 2 aromatic rings. The van der Waals surface area contributed by atoms with Crippen LogP contribution in [0.4, 0.5) is 13.2 Å². The molecule has 3 aliphatic heterocycles. The van der Waals surface area contributed by atoms with Gasteiger partial charge in [0.2, 0.25) is 0 Å². The third-order valence-electron chi connectivity index (χ3n) is 6.23. The summed E-state index contributed by atoms with van der Waals surface area (Å²) in [6.45, 7) is 2.22. The van der Waals surface area contributed by atoms with Gasteiger partial charge in [0.05, 0.1) is 15.6 Å². The molecule has 1 saturated carbocycles. The molecular weight excluding hydrogens is 377 g/mol. The molecule has 1 aromatic carbocycles. The fourth-order valence-corrected chi connectivity index (χ4v) is 5.90. The van der Waals surface area contributed by atoms with Gasteiger partial charge in [0.25, 0.3) is 5.91 Å². The van der Waals surface area contributed by atoms with E-state index >= 15 is 0 Å². The average molecular weight is 396 g/mol. The van der Waals surface area contributed by atoms with Crippen LogP contribution in [0.25, 0.3) is 10.1 Å². The number of carbonyl (C=O) groups is 1. The molecule has 1 spiro atoms. The molecule has 27 heavy (non-hydrogen) atoms. The second-order valence-corrected chi connectivity index (χ2v) is 8.76. The number of piperidine rings is 3. The summed E-state index contributed by atoms with van der Waals surface area (Å²) in [5, 5.41) is 3.80. The minimum absolute atomic E-state index is 0.123. The van der Waals surface area contributed by atoms with Crippen molar-refractivity contribution in [2.75, 3.05) is 13.1 Å². The van der Waals surface area contributed by atoms with Crippen LogP contribution in [-0.4, -0.2) is 41.8 Å². The number of hydrogen-bond donors (Lipinski definition) is 1. The molecule has 1 amide bonds. The number of fused-ring (bicyclic) bond motifs is 3. The Labute approximate surface area is 158 Å². The molecule has 8 heteroatoms. The van der Waals surface area contributed by atoms with Crippen LogP contribution in [0.2, 0.25) is 0 Å². The number of nitrogens with one attached hydrogen (secondary N) is 1. The van der Waals surface area contributed by atoms with E-state index in [0.717, 1.165) is 50.1 Å². The predicted molar refractivity (Wildman–Crippen MR) is 96.0 cm³/mol. The fourth-order valence-electron chi connectivity index (χ4n) is 4.89. The first-order valence-corrected chi connectivity index (χ1v) is 10.0. The van der Waals surface area contributed by atoms with Crippen molar-refractivity contribution in [3.05, 3.63) is 29.1 Å². The summed E-state index contributed by atoms with van der Waals surface area (Å²) in [5.41, 5.74) is 0.123. The standard InChI is InChI=1S/C19H19F3N2O2S/c20-19(21,22)26-13-3-1-2-12-10-14(27-15(12)13)17(25)23-16-11-4-8-24(9-5-11)18(16)6-7-18/h1-3,10-11,16H,4-9H2,(H,23,25). The van der Waals surface area contributed by atoms with Gasteiger partial charge in [-0.1, -0.05) is 12.1 Å². The topological polar surface area (TPSA) is 41.6 Å². The second-order valence-electron chi connectivity index (χ2n) is 7.71. The highest BCUT2D eigenvalue weighted by Crippen LogP contribution is 2.53. The highest BCUT2D eigenvalue weighted by Gasteiger charge is 2.60. The van der Waals surface area contributed by atoms with Crippen LogP contribution >= 0.6 is 11.3 Å². The maximum absolute atomic E-state index is 12.9. The highest BCUT2D eigenvalue weighted by molar-refractivity contribution is 7.21. The van der Waals surface area contributed by atoms with Gasteiger partial charge in [-0.05, 0) is 62.2 Å². The Morgan fingerprint density at radius 1 is 1.26 bits per heavy atom. The summed E-state index contributed by atoms with van der Waals surface area (Å²) < 4.78 is 42.3. The molecule has 4 heterocycles. The Morgan fingerprint density at radius 2 is 2.00 bits per heavy atom. The van der Waals surface area contributed by atoms with Crippen LogP contribution in [-0.2, 0) is 0 Å². The molecule has 1 aliphatic carbocycles. The predicted octanol–water partition coefficient (Wildman–Crippen LogP) is 4.16. The van der Waals surface area contributed by atoms with Crippen molar-refractivity contribution in [2.45, 2.75) is 43.6 Å². The van der Waals surface area contributed by atoms with Gasteiger partial charge in [0.1, 0.15) is 5.75 Å². The van der Waals surface area contributed by atoms with Gasteiger partial charge in [-0.2, -0.15) is 0 Å². The van der Waals surface area contributed by atoms with E-state index in [-0.39, 0.29) is 23.2 Å². The molecule has 2 bridgehead atoms. The first-order chi connectivity index (χ1) is 12.9. The quantitative estimate of drug-likeness (QED) is 0.847. The van der Waals surface area contributed by atoms with Crippen LogP contribution in [0.3, 0.4) is 0 Å². The van der Waals surface area contributed by atoms with Crippen molar-refractivity contribution in [1.82, 2.24) is 10.2 Å². The van der Waals surface area contributed by atoms with Gasteiger partial charge >= 0.3 is 6.36 Å². The average Bonchev–Trinajstić information content (AvgIpc) is 3.26. The van der Waals surface area contributed by atoms with E-state index in [1.54, 1.807) is 12.1 Å². The van der Waals surface area contributed by atoms with Crippen molar-refractivity contribution in [3.8, 4) is 5.75 Å². The zero-order valence-corrected chi connectivity index (χ0v) is 15.3. The zero-order valence-electron chi connectivity index (χ0n) is 14.5. The van der Waals surface area contributed by atoms with Gasteiger partial charge in [-0.3, -0.25) is 9.69 Å². The maximum atomic E-state index is 12.9. The summed E-state index contributed by atoms with van der Waals surface area (Å²) in [5.74, 6) is 0.0460. The summed E-state index contributed by atoms with van der Waals surface area (Å²) in [7, 11) is 0. The summed E-state index contributed by atoms with van der Waals surface area (Å²) >= 11 is 1.05. The number of rotatable bonds is 3. The van der Waals surface area contributed by atoms with Gasteiger partial charge in [-0.15, -0.1) is 24.5 Å². The molecule has 1 N–H and O–H groups in total. The second kappa shape index (κ2) is 5.85. The Bertz CT molecular complexity index is 898. The van der Waals surface area contributed by atoms with Crippen LogP contribution < -0.4 is 10.1 Å². The van der Waals surface area contributed by atoms with Crippen LogP contribution in [0.15, 0.2) is 24.3 Å². The van der Waals surface area contributed by atoms with E-state index in [1.165, 1.54) is 12.1 Å². The number of thiophene rings is 1. The SMILES string of the molecule is O=C(NC1C2CCN(CC2)C12CC2)c1cc2cccc(OC(F)(F)F)c2s1. The molecule has 3 saturated heterocycles. The number of carbonyl (C=O) groups excluding carboxylic acids is 1. The zero-order chi connectivity index (χ0) is 18.8. The van der Waals surface area contributed by atoms with Gasteiger partial charge in [0.15, 0.2) is 0 Å². The lowest BCUT2D eigenvalue weighted by atomic mass is 9.77. The Morgan fingerprint density at radius 3 is 2.67 bits per heavy atom. The summed E-state index contributed by atoms with van der Waals surface area (Å²) in [6, 6.07) is 6.27. The first kappa shape index (κ1) is 17.3. The molecule has 144 valence electrons. The number of amides is 1. The van der Waals surface area contributed by atoms with Crippen LogP contribution in [0.5, 0.6) is 5.75 Å². The van der Waals surface area contributed by atoms with Crippen molar-refractivity contribution in [3.63, 3.8) is 0 Å². The van der Waals surface area contributed by atoms with Crippen LogP contribution in [0.1, 0.15) is 35.4 Å². The molecule has 4 aliphatic rings. The van der Waals surface area contributed by atoms with Gasteiger partial charge in [0, 0.05) is 5.54 Å². The lowest BCUT2D eigenvalue weighted by Gasteiger charge is -2.52. The van der Waals surface area contributed by atoms with Crippen molar-refractivity contribution < 1.29 is 22.7 Å². The summed E-state index contributed by atoms with van der Waals surface area (Å²) in [6.07, 6.45) is -0.324. The van der Waals surface area contributed by atoms with Crippen molar-refractivity contribution in [1.29, 1.82) is 0 Å². The largest absolute Gasteiger partial charge is 0.573 e. The number of hydrogen-bond acceptors (Lipinski definition) is 4. The highest BCUT2D eigenvalue weighted by atomic mass is 32.1. The number of ether oxygens (including phenoxy) is 1. The van der Waals surface area contributed by atoms with E-state index < -0.39 is 6.36 Å². The van der Waals surface area contributed by atoms with Gasteiger partial charge < -0.3 is 10.1 Å². The Hall–Kier alpha value is -1.80. The van der Waals surface area contributed by atoms with Crippen molar-refractivity contribution >= 4 is 27.3 Å². The van der Waals surface area contributed by atoms with E-state index in [1.807, 2.05) is 0 Å². The molecule has 6 rings (SSSR count). The van der Waals surface area contributed by atoms with E-state index in [9.17, 15) is 18.0 Å². The molecule has 4 fully saturated rings. The molecule has 1 unspecified atom stereocenters.